The SMILES string of the molecule is Cc1ccc(CN(CCN(C)C)C(=O)c2cc(Cl)c[nH]c2=O)s1. The first-order valence-electron chi connectivity index (χ1n) is 7.24. The number of aromatic nitrogens is 1. The maximum Gasteiger partial charge on any atom is 0.260 e. The van der Waals surface area contributed by atoms with Crippen LogP contribution in [-0.2, 0) is 6.54 Å². The molecule has 0 bridgehead atoms. The molecule has 0 saturated heterocycles. The minimum Gasteiger partial charge on any atom is -0.332 e. The van der Waals surface area contributed by atoms with Crippen molar-refractivity contribution in [3.8, 4) is 0 Å². The lowest BCUT2D eigenvalue weighted by Gasteiger charge is -2.23. The molecular weight excluding hydrogens is 334 g/mol. The molecule has 2 aromatic heterocycles. The zero-order chi connectivity index (χ0) is 17.0. The molecule has 2 aromatic rings. The summed E-state index contributed by atoms with van der Waals surface area (Å²) >= 11 is 7.56. The fraction of sp³-hybridized carbons (Fsp3) is 0.375. The molecule has 1 N–H and O–H groups in total. The number of aryl methyl sites for hydroxylation is 1. The standard InChI is InChI=1S/C16H20ClN3O2S/c1-11-4-5-13(23-11)10-20(7-6-19(2)3)16(22)14-8-12(17)9-18-15(14)21/h4-5,8-9H,6-7,10H2,1-3H3,(H,18,21). The van der Waals surface area contributed by atoms with Crippen LogP contribution >= 0.6 is 22.9 Å². The monoisotopic (exact) mass is 353 g/mol. The smallest absolute Gasteiger partial charge is 0.260 e. The highest BCUT2D eigenvalue weighted by molar-refractivity contribution is 7.11. The average molecular weight is 354 g/mol. The van der Waals surface area contributed by atoms with Gasteiger partial charge in [0.05, 0.1) is 11.6 Å². The van der Waals surface area contributed by atoms with Crippen LogP contribution in [0.1, 0.15) is 20.1 Å². The minimum atomic E-state index is -0.420. The highest BCUT2D eigenvalue weighted by Crippen LogP contribution is 2.18. The van der Waals surface area contributed by atoms with Crippen LogP contribution in [0.5, 0.6) is 0 Å². The zero-order valence-electron chi connectivity index (χ0n) is 13.4. The van der Waals surface area contributed by atoms with E-state index in [-0.39, 0.29) is 11.5 Å². The van der Waals surface area contributed by atoms with E-state index in [2.05, 4.69) is 4.98 Å². The second kappa shape index (κ2) is 7.77. The molecular formula is C16H20ClN3O2S. The molecule has 2 rings (SSSR count). The fourth-order valence-corrected chi connectivity index (χ4v) is 3.19. The predicted octanol–water partition coefficient (Wildman–Crippen LogP) is 2.60. The summed E-state index contributed by atoms with van der Waals surface area (Å²) in [6.45, 7) is 3.77. The summed E-state index contributed by atoms with van der Waals surface area (Å²) < 4.78 is 0. The number of hydrogen-bond acceptors (Lipinski definition) is 4. The number of H-pyrrole nitrogens is 1. The van der Waals surface area contributed by atoms with Gasteiger partial charge in [-0.1, -0.05) is 11.6 Å². The number of pyridine rings is 1. The van der Waals surface area contributed by atoms with Crippen molar-refractivity contribution in [1.82, 2.24) is 14.8 Å². The number of hydrogen-bond donors (Lipinski definition) is 1. The molecule has 0 atom stereocenters. The minimum absolute atomic E-state index is 0.0736. The highest BCUT2D eigenvalue weighted by Gasteiger charge is 2.20. The first-order valence-corrected chi connectivity index (χ1v) is 8.44. The highest BCUT2D eigenvalue weighted by atomic mass is 35.5. The van der Waals surface area contributed by atoms with Gasteiger partial charge in [-0.05, 0) is 39.2 Å². The summed E-state index contributed by atoms with van der Waals surface area (Å²) in [5, 5.41) is 0.340. The quantitative estimate of drug-likeness (QED) is 0.868. The van der Waals surface area contributed by atoms with Gasteiger partial charge >= 0.3 is 0 Å². The second-order valence-electron chi connectivity index (χ2n) is 5.60. The van der Waals surface area contributed by atoms with Crippen LogP contribution in [0.25, 0.3) is 0 Å². The molecule has 0 saturated carbocycles. The lowest BCUT2D eigenvalue weighted by molar-refractivity contribution is 0.0732. The topological polar surface area (TPSA) is 56.4 Å². The largest absolute Gasteiger partial charge is 0.332 e. The van der Waals surface area contributed by atoms with Gasteiger partial charge in [-0.2, -0.15) is 0 Å². The van der Waals surface area contributed by atoms with Crippen molar-refractivity contribution in [3.05, 3.63) is 55.1 Å². The maximum absolute atomic E-state index is 12.8. The van der Waals surface area contributed by atoms with E-state index < -0.39 is 5.56 Å². The van der Waals surface area contributed by atoms with Gasteiger partial charge in [-0.25, -0.2) is 0 Å². The molecule has 0 fully saturated rings. The third kappa shape index (κ3) is 4.92. The third-order valence-electron chi connectivity index (χ3n) is 3.35. The average Bonchev–Trinajstić information content (AvgIpc) is 2.90. The Balaban J connectivity index is 2.26. The number of amides is 1. The van der Waals surface area contributed by atoms with Crippen molar-refractivity contribution in [1.29, 1.82) is 0 Å². The summed E-state index contributed by atoms with van der Waals surface area (Å²) in [4.78, 5) is 33.2. The molecule has 23 heavy (non-hydrogen) atoms. The van der Waals surface area contributed by atoms with Gasteiger partial charge in [0.15, 0.2) is 0 Å². The molecule has 0 spiro atoms. The van der Waals surface area contributed by atoms with Gasteiger partial charge in [0, 0.05) is 29.0 Å². The van der Waals surface area contributed by atoms with Crippen LogP contribution in [0.4, 0.5) is 0 Å². The number of rotatable bonds is 6. The van der Waals surface area contributed by atoms with Gasteiger partial charge in [-0.15, -0.1) is 11.3 Å². The Kier molecular flexibility index (Phi) is 5.98. The molecule has 0 aliphatic carbocycles. The van der Waals surface area contributed by atoms with Gasteiger partial charge in [-0.3, -0.25) is 9.59 Å². The molecule has 1 amide bonds. The number of carbonyl (C=O) groups is 1. The summed E-state index contributed by atoms with van der Waals surface area (Å²) in [6, 6.07) is 5.46. The lowest BCUT2D eigenvalue weighted by atomic mass is 10.2. The Morgan fingerprint density at radius 2 is 2.04 bits per heavy atom. The van der Waals surface area contributed by atoms with Crippen LogP contribution in [0.3, 0.4) is 0 Å². The van der Waals surface area contributed by atoms with E-state index in [1.54, 1.807) is 16.2 Å². The number of likely N-dealkylation sites (N-methyl/N-ethyl adjacent to an activating group) is 1. The molecule has 5 nitrogen and oxygen atoms in total. The normalized spacial score (nSPS) is 11.0. The van der Waals surface area contributed by atoms with Crippen LogP contribution in [0, 0.1) is 6.92 Å². The van der Waals surface area contributed by atoms with E-state index in [1.807, 2.05) is 38.1 Å². The van der Waals surface area contributed by atoms with Gasteiger partial charge in [0.1, 0.15) is 5.56 Å². The van der Waals surface area contributed by atoms with E-state index in [0.717, 1.165) is 4.88 Å². The number of carbonyl (C=O) groups excluding carboxylic acids is 1. The van der Waals surface area contributed by atoms with E-state index in [4.69, 9.17) is 11.6 Å². The Morgan fingerprint density at radius 1 is 1.30 bits per heavy atom. The number of thiophene rings is 1. The van der Waals surface area contributed by atoms with Crippen molar-refractivity contribution in [3.63, 3.8) is 0 Å². The molecule has 0 aliphatic rings. The number of aromatic amines is 1. The van der Waals surface area contributed by atoms with Crippen molar-refractivity contribution in [2.75, 3.05) is 27.2 Å². The van der Waals surface area contributed by atoms with Crippen LogP contribution < -0.4 is 5.56 Å². The molecule has 0 aliphatic heterocycles. The second-order valence-corrected chi connectivity index (χ2v) is 7.41. The maximum atomic E-state index is 12.8. The Hall–Kier alpha value is -1.63. The molecule has 124 valence electrons. The third-order valence-corrected chi connectivity index (χ3v) is 4.55. The van der Waals surface area contributed by atoms with Crippen molar-refractivity contribution in [2.45, 2.75) is 13.5 Å². The Labute approximate surface area is 144 Å². The summed E-state index contributed by atoms with van der Waals surface area (Å²) in [6.07, 6.45) is 1.38. The van der Waals surface area contributed by atoms with E-state index in [0.29, 0.717) is 24.7 Å². The summed E-state index contributed by atoms with van der Waals surface area (Å²) in [7, 11) is 3.90. The number of nitrogens with zero attached hydrogens (tertiary/aromatic N) is 2. The van der Waals surface area contributed by atoms with E-state index in [9.17, 15) is 9.59 Å². The fourth-order valence-electron chi connectivity index (χ4n) is 2.12. The first-order chi connectivity index (χ1) is 10.9. The summed E-state index contributed by atoms with van der Waals surface area (Å²) in [5.74, 6) is -0.304. The van der Waals surface area contributed by atoms with Gasteiger partial charge in [0.2, 0.25) is 0 Å². The van der Waals surface area contributed by atoms with Gasteiger partial charge in [0.25, 0.3) is 11.5 Å². The van der Waals surface area contributed by atoms with E-state index in [1.165, 1.54) is 17.1 Å². The Bertz CT molecular complexity index is 739. The number of halogens is 1. The molecule has 0 aromatic carbocycles. The van der Waals surface area contributed by atoms with Crippen molar-refractivity contribution >= 4 is 28.8 Å². The Morgan fingerprint density at radius 3 is 2.65 bits per heavy atom. The van der Waals surface area contributed by atoms with Crippen LogP contribution in [-0.4, -0.2) is 47.9 Å². The lowest BCUT2D eigenvalue weighted by Crippen LogP contribution is -2.38. The number of nitrogens with one attached hydrogen (secondary N) is 1. The molecule has 7 heteroatoms. The summed E-state index contributed by atoms with van der Waals surface area (Å²) in [5.41, 5.74) is -0.346. The first kappa shape index (κ1) is 17.7. The van der Waals surface area contributed by atoms with Crippen molar-refractivity contribution < 1.29 is 4.79 Å². The zero-order valence-corrected chi connectivity index (χ0v) is 15.0. The van der Waals surface area contributed by atoms with Crippen molar-refractivity contribution in [2.24, 2.45) is 0 Å². The van der Waals surface area contributed by atoms with E-state index >= 15 is 0 Å². The molecule has 0 radical (unpaired) electrons. The van der Waals surface area contributed by atoms with Crippen LogP contribution in [0.2, 0.25) is 5.02 Å². The molecule has 0 unspecified atom stereocenters. The molecule has 2 heterocycles. The van der Waals surface area contributed by atoms with Crippen LogP contribution in [0.15, 0.2) is 29.2 Å². The van der Waals surface area contributed by atoms with Gasteiger partial charge < -0.3 is 14.8 Å². The predicted molar refractivity (Wildman–Crippen MR) is 94.4 cm³/mol.